The molecule has 4 rings (SSSR count). The van der Waals surface area contributed by atoms with Crippen molar-refractivity contribution in [3.63, 3.8) is 0 Å². The van der Waals surface area contributed by atoms with Crippen LogP contribution in [0.4, 0.5) is 0 Å². The Morgan fingerprint density at radius 1 is 1.12 bits per heavy atom. The number of hydrogen-bond acceptors (Lipinski definition) is 5. The Bertz CT molecular complexity index is 814. The molecule has 0 aromatic heterocycles. The highest BCUT2D eigenvalue weighted by molar-refractivity contribution is 5.55. The van der Waals surface area contributed by atoms with Crippen LogP contribution >= 0.6 is 0 Å². The highest BCUT2D eigenvalue weighted by Gasteiger charge is 2.34. The largest absolute Gasteiger partial charge is 0.493 e. The highest BCUT2D eigenvalue weighted by atomic mass is 16.7. The lowest BCUT2D eigenvalue weighted by Crippen LogP contribution is -2.07. The molecule has 2 aliphatic heterocycles. The van der Waals surface area contributed by atoms with Crippen LogP contribution in [0, 0.1) is 0 Å². The fourth-order valence-electron chi connectivity index (χ4n) is 3.28. The molecular formula is C20H20O5. The maximum absolute atomic E-state index is 6.23. The number of fused-ring (bicyclic) bond motifs is 2. The molecule has 0 bridgehead atoms. The summed E-state index contributed by atoms with van der Waals surface area (Å²) < 4.78 is 28.2. The standard InChI is InChI=1S/C20H20O5/c1-4-7-22-19-10-16-14(9-17(19)21-3)12(2)20(25-16)13-5-6-15-18(8-13)24-11-23-15/h4-6,8-10,12,20H,1,7,11H2,2-3H3/t12-,20-/m0/s1. The van der Waals surface area contributed by atoms with E-state index in [1.807, 2.05) is 30.3 Å². The third-order valence-corrected chi connectivity index (χ3v) is 4.58. The van der Waals surface area contributed by atoms with E-state index in [0.29, 0.717) is 18.1 Å². The second kappa shape index (κ2) is 6.24. The van der Waals surface area contributed by atoms with Gasteiger partial charge in [-0.3, -0.25) is 0 Å². The van der Waals surface area contributed by atoms with Crippen LogP contribution < -0.4 is 23.7 Å². The van der Waals surface area contributed by atoms with E-state index in [2.05, 4.69) is 13.5 Å². The van der Waals surface area contributed by atoms with Gasteiger partial charge in [0.1, 0.15) is 18.5 Å². The van der Waals surface area contributed by atoms with E-state index in [4.69, 9.17) is 23.7 Å². The summed E-state index contributed by atoms with van der Waals surface area (Å²) in [6, 6.07) is 9.82. The maximum Gasteiger partial charge on any atom is 0.231 e. The number of rotatable bonds is 5. The summed E-state index contributed by atoms with van der Waals surface area (Å²) in [5, 5.41) is 0. The van der Waals surface area contributed by atoms with E-state index in [1.54, 1.807) is 13.2 Å². The minimum absolute atomic E-state index is 0.0936. The van der Waals surface area contributed by atoms with Crippen molar-refractivity contribution in [3.05, 3.63) is 54.1 Å². The van der Waals surface area contributed by atoms with Crippen molar-refractivity contribution in [2.24, 2.45) is 0 Å². The van der Waals surface area contributed by atoms with Gasteiger partial charge in [-0.25, -0.2) is 0 Å². The fraction of sp³-hybridized carbons (Fsp3) is 0.300. The lowest BCUT2D eigenvalue weighted by Gasteiger charge is -2.16. The van der Waals surface area contributed by atoms with Gasteiger partial charge in [0.25, 0.3) is 0 Å². The van der Waals surface area contributed by atoms with Crippen LogP contribution in [-0.2, 0) is 0 Å². The van der Waals surface area contributed by atoms with Crippen LogP contribution in [0.1, 0.15) is 30.1 Å². The van der Waals surface area contributed by atoms with E-state index in [0.717, 1.165) is 28.4 Å². The van der Waals surface area contributed by atoms with Gasteiger partial charge in [0.15, 0.2) is 23.0 Å². The molecule has 25 heavy (non-hydrogen) atoms. The first-order chi connectivity index (χ1) is 12.2. The zero-order valence-electron chi connectivity index (χ0n) is 14.3. The van der Waals surface area contributed by atoms with Gasteiger partial charge >= 0.3 is 0 Å². The lowest BCUT2D eigenvalue weighted by molar-refractivity contribution is 0.173. The van der Waals surface area contributed by atoms with Gasteiger partial charge in [-0.2, -0.15) is 0 Å². The molecule has 2 aliphatic rings. The molecule has 2 aromatic carbocycles. The van der Waals surface area contributed by atoms with Crippen LogP contribution in [0.5, 0.6) is 28.7 Å². The molecule has 0 N–H and O–H groups in total. The molecule has 0 unspecified atom stereocenters. The van der Waals surface area contributed by atoms with Crippen LogP contribution in [0.3, 0.4) is 0 Å². The summed E-state index contributed by atoms with van der Waals surface area (Å²) in [7, 11) is 1.64. The molecule has 2 heterocycles. The van der Waals surface area contributed by atoms with Gasteiger partial charge in [0.2, 0.25) is 6.79 Å². The van der Waals surface area contributed by atoms with Crippen molar-refractivity contribution < 1.29 is 23.7 Å². The normalized spacial score (nSPS) is 19.9. The van der Waals surface area contributed by atoms with Crippen LogP contribution in [0.2, 0.25) is 0 Å². The van der Waals surface area contributed by atoms with Crippen molar-refractivity contribution in [3.8, 4) is 28.7 Å². The molecule has 5 heteroatoms. The molecule has 0 saturated heterocycles. The monoisotopic (exact) mass is 340 g/mol. The number of benzene rings is 2. The third-order valence-electron chi connectivity index (χ3n) is 4.58. The third kappa shape index (κ3) is 2.65. The van der Waals surface area contributed by atoms with Crippen LogP contribution in [0.15, 0.2) is 43.0 Å². The summed E-state index contributed by atoms with van der Waals surface area (Å²) in [5.41, 5.74) is 2.16. The van der Waals surface area contributed by atoms with Crippen molar-refractivity contribution in [2.45, 2.75) is 18.9 Å². The molecule has 5 nitrogen and oxygen atoms in total. The second-order valence-electron chi connectivity index (χ2n) is 6.08. The predicted octanol–water partition coefficient (Wildman–Crippen LogP) is 4.23. The lowest BCUT2D eigenvalue weighted by atomic mass is 9.92. The Balaban J connectivity index is 1.66. The Hall–Kier alpha value is -2.82. The zero-order chi connectivity index (χ0) is 17.4. The first kappa shape index (κ1) is 15.7. The predicted molar refractivity (Wildman–Crippen MR) is 93.0 cm³/mol. The minimum Gasteiger partial charge on any atom is -0.493 e. The summed E-state index contributed by atoms with van der Waals surface area (Å²) in [6.45, 7) is 6.50. The average molecular weight is 340 g/mol. The first-order valence-electron chi connectivity index (χ1n) is 8.23. The molecule has 2 atom stereocenters. The van der Waals surface area contributed by atoms with Gasteiger partial charge < -0.3 is 23.7 Å². The van der Waals surface area contributed by atoms with Gasteiger partial charge in [-0.05, 0) is 23.8 Å². The Labute approximate surface area is 146 Å². The summed E-state index contributed by atoms with van der Waals surface area (Å²) in [4.78, 5) is 0. The smallest absolute Gasteiger partial charge is 0.231 e. The van der Waals surface area contributed by atoms with Gasteiger partial charge in [-0.15, -0.1) is 0 Å². The second-order valence-corrected chi connectivity index (χ2v) is 6.08. The summed E-state index contributed by atoms with van der Waals surface area (Å²) in [6.07, 6.45) is 1.61. The molecule has 130 valence electrons. The number of ether oxygens (including phenoxy) is 5. The number of methoxy groups -OCH3 is 1. The molecule has 0 radical (unpaired) electrons. The van der Waals surface area contributed by atoms with Gasteiger partial charge in [0.05, 0.1) is 7.11 Å². The van der Waals surface area contributed by atoms with Crippen molar-refractivity contribution in [1.29, 1.82) is 0 Å². The highest BCUT2D eigenvalue weighted by Crippen LogP contribution is 2.50. The fourth-order valence-corrected chi connectivity index (χ4v) is 3.28. The van der Waals surface area contributed by atoms with Gasteiger partial charge in [-0.1, -0.05) is 25.6 Å². The van der Waals surface area contributed by atoms with Crippen LogP contribution in [-0.4, -0.2) is 20.5 Å². The molecule has 2 aromatic rings. The van der Waals surface area contributed by atoms with Gasteiger partial charge in [0, 0.05) is 17.5 Å². The molecule has 0 aliphatic carbocycles. The molecule has 0 fully saturated rings. The summed E-state index contributed by atoms with van der Waals surface area (Å²) in [5.74, 6) is 3.88. The van der Waals surface area contributed by atoms with E-state index >= 15 is 0 Å². The molecular weight excluding hydrogens is 320 g/mol. The SMILES string of the molecule is C=CCOc1cc2c(cc1OC)[C@H](C)[C@@H](c1ccc3c(c1)OCO3)O2. The van der Waals surface area contributed by atoms with Crippen molar-refractivity contribution in [2.75, 3.05) is 20.5 Å². The summed E-state index contributed by atoms with van der Waals surface area (Å²) >= 11 is 0. The Morgan fingerprint density at radius 2 is 1.96 bits per heavy atom. The van der Waals surface area contributed by atoms with Crippen molar-refractivity contribution >= 4 is 0 Å². The first-order valence-corrected chi connectivity index (χ1v) is 8.23. The van der Waals surface area contributed by atoms with E-state index in [1.165, 1.54) is 0 Å². The van der Waals surface area contributed by atoms with E-state index < -0.39 is 0 Å². The quantitative estimate of drug-likeness (QED) is 0.763. The molecule has 0 amide bonds. The Morgan fingerprint density at radius 3 is 2.76 bits per heavy atom. The van der Waals surface area contributed by atoms with E-state index in [9.17, 15) is 0 Å². The zero-order valence-corrected chi connectivity index (χ0v) is 14.3. The average Bonchev–Trinajstić information content (AvgIpc) is 3.22. The molecule has 0 spiro atoms. The van der Waals surface area contributed by atoms with Crippen molar-refractivity contribution in [1.82, 2.24) is 0 Å². The Kier molecular flexibility index (Phi) is 3.92. The minimum atomic E-state index is -0.0936. The molecule has 0 saturated carbocycles. The topological polar surface area (TPSA) is 46.2 Å². The maximum atomic E-state index is 6.23. The number of hydrogen-bond donors (Lipinski definition) is 0. The van der Waals surface area contributed by atoms with E-state index in [-0.39, 0.29) is 18.8 Å². The van der Waals surface area contributed by atoms with Crippen LogP contribution in [0.25, 0.3) is 0 Å².